The Labute approximate surface area is 187 Å². The minimum Gasteiger partial charge on any atom is -0.493 e. The number of halogens is 1. The zero-order chi connectivity index (χ0) is 22.3. The van der Waals surface area contributed by atoms with Crippen molar-refractivity contribution in [1.82, 2.24) is 14.7 Å². The predicted octanol–water partition coefficient (Wildman–Crippen LogP) is 3.71. The minimum absolute atomic E-state index is 0.141. The number of aromatic nitrogens is 2. The van der Waals surface area contributed by atoms with E-state index in [9.17, 15) is 9.18 Å². The highest BCUT2D eigenvalue weighted by Gasteiger charge is 2.27. The summed E-state index contributed by atoms with van der Waals surface area (Å²) in [5, 5.41) is 4.60. The first kappa shape index (κ1) is 22.0. The molecule has 168 valence electrons. The molecule has 2 heterocycles. The molecular weight excluding hydrogens is 409 g/mol. The molecule has 1 saturated heterocycles. The Morgan fingerprint density at radius 2 is 2.00 bits per heavy atom. The lowest BCUT2D eigenvalue weighted by atomic mass is 10.1. The first-order chi connectivity index (χ1) is 15.6. The van der Waals surface area contributed by atoms with Crippen LogP contribution in [0, 0.1) is 5.82 Å². The second kappa shape index (κ2) is 10.4. The van der Waals surface area contributed by atoms with Gasteiger partial charge >= 0.3 is 0 Å². The molecule has 1 amide bonds. The van der Waals surface area contributed by atoms with Gasteiger partial charge in [-0.2, -0.15) is 5.10 Å². The molecular formula is C25H28FN3O3. The first-order valence-corrected chi connectivity index (χ1v) is 10.9. The maximum Gasteiger partial charge on any atom is 0.223 e. The van der Waals surface area contributed by atoms with E-state index in [1.165, 1.54) is 17.7 Å². The molecule has 32 heavy (non-hydrogen) atoms. The molecule has 4 rings (SSSR count). The fraction of sp³-hybridized carbons (Fsp3) is 0.360. The van der Waals surface area contributed by atoms with E-state index in [0.717, 1.165) is 17.8 Å². The van der Waals surface area contributed by atoms with Crippen molar-refractivity contribution in [2.45, 2.75) is 25.4 Å². The molecule has 1 fully saturated rings. The van der Waals surface area contributed by atoms with E-state index in [0.29, 0.717) is 44.9 Å². The van der Waals surface area contributed by atoms with Gasteiger partial charge in [-0.3, -0.25) is 9.48 Å². The third kappa shape index (κ3) is 5.73. The van der Waals surface area contributed by atoms with Crippen LogP contribution in [0.1, 0.15) is 29.5 Å². The van der Waals surface area contributed by atoms with Crippen molar-refractivity contribution in [1.29, 1.82) is 0 Å². The average Bonchev–Trinajstić information content (AvgIpc) is 3.19. The zero-order valence-corrected chi connectivity index (χ0v) is 18.2. The topological polar surface area (TPSA) is 56.6 Å². The lowest BCUT2D eigenvalue weighted by molar-refractivity contribution is -0.139. The van der Waals surface area contributed by atoms with Crippen molar-refractivity contribution in [2.24, 2.45) is 7.05 Å². The Morgan fingerprint density at radius 3 is 2.81 bits per heavy atom. The molecule has 0 spiro atoms. The number of carbonyl (C=O) groups excluding carboxylic acids is 1. The number of rotatable bonds is 8. The fourth-order valence-electron chi connectivity index (χ4n) is 3.86. The largest absolute Gasteiger partial charge is 0.493 e. The van der Waals surface area contributed by atoms with E-state index < -0.39 is 0 Å². The van der Waals surface area contributed by atoms with E-state index in [1.807, 2.05) is 53.0 Å². The van der Waals surface area contributed by atoms with Crippen LogP contribution in [0.4, 0.5) is 4.39 Å². The van der Waals surface area contributed by atoms with Gasteiger partial charge in [0.05, 0.1) is 25.5 Å². The van der Waals surface area contributed by atoms with Crippen molar-refractivity contribution in [3.8, 4) is 5.75 Å². The Bertz CT molecular complexity index is 1040. The number of hydrogen-bond donors (Lipinski definition) is 0. The van der Waals surface area contributed by atoms with Gasteiger partial charge in [0, 0.05) is 38.2 Å². The van der Waals surface area contributed by atoms with Gasteiger partial charge in [-0.25, -0.2) is 4.39 Å². The summed E-state index contributed by atoms with van der Waals surface area (Å²) in [4.78, 5) is 14.6. The van der Waals surface area contributed by atoms with Crippen LogP contribution in [0.15, 0.2) is 60.7 Å². The summed E-state index contributed by atoms with van der Waals surface area (Å²) in [6.07, 6.45) is 1.61. The van der Waals surface area contributed by atoms with Crippen molar-refractivity contribution >= 4 is 5.91 Å². The number of aryl methyl sites for hydroxylation is 2. The summed E-state index contributed by atoms with van der Waals surface area (Å²) in [6, 6.07) is 18.2. The van der Waals surface area contributed by atoms with Crippen molar-refractivity contribution in [3.05, 3.63) is 83.4 Å². The predicted molar refractivity (Wildman–Crippen MR) is 119 cm³/mol. The normalized spacial score (nSPS) is 16.2. The molecule has 0 aliphatic carbocycles. The number of ether oxygens (including phenoxy) is 2. The highest BCUT2D eigenvalue weighted by Crippen LogP contribution is 2.23. The van der Waals surface area contributed by atoms with Crippen molar-refractivity contribution in [2.75, 3.05) is 26.3 Å². The lowest BCUT2D eigenvalue weighted by Gasteiger charge is -2.32. The third-order valence-electron chi connectivity index (χ3n) is 5.64. The Hall–Kier alpha value is -3.19. The molecule has 0 saturated carbocycles. The fourth-order valence-corrected chi connectivity index (χ4v) is 3.86. The van der Waals surface area contributed by atoms with Gasteiger partial charge in [-0.1, -0.05) is 36.4 Å². The summed E-state index contributed by atoms with van der Waals surface area (Å²) < 4.78 is 26.7. The molecule has 6 nitrogen and oxygen atoms in total. The van der Waals surface area contributed by atoms with E-state index in [1.54, 1.807) is 12.1 Å². The summed E-state index contributed by atoms with van der Waals surface area (Å²) >= 11 is 0. The SMILES string of the molecule is Cn1nc(C2CN(C(=O)CCc3ccccc3)CCO2)cc1CCOc1cccc(F)c1. The van der Waals surface area contributed by atoms with Gasteiger partial charge in [0.2, 0.25) is 5.91 Å². The number of carbonyl (C=O) groups is 1. The first-order valence-electron chi connectivity index (χ1n) is 10.9. The van der Waals surface area contributed by atoms with Crippen LogP contribution in [0.25, 0.3) is 0 Å². The number of amides is 1. The summed E-state index contributed by atoms with van der Waals surface area (Å²) in [5.74, 6) is 0.331. The number of morpholine rings is 1. The quantitative estimate of drug-likeness (QED) is 0.539. The molecule has 0 N–H and O–H groups in total. The molecule has 2 aromatic carbocycles. The molecule has 1 aliphatic heterocycles. The van der Waals surface area contributed by atoms with E-state index >= 15 is 0 Å². The maximum absolute atomic E-state index is 13.3. The third-order valence-corrected chi connectivity index (χ3v) is 5.64. The van der Waals surface area contributed by atoms with Crippen LogP contribution in [-0.2, 0) is 29.4 Å². The Morgan fingerprint density at radius 1 is 1.16 bits per heavy atom. The van der Waals surface area contributed by atoms with Crippen LogP contribution < -0.4 is 4.74 Å². The smallest absolute Gasteiger partial charge is 0.223 e. The second-order valence-corrected chi connectivity index (χ2v) is 7.92. The van der Waals surface area contributed by atoms with Gasteiger partial charge in [0.25, 0.3) is 0 Å². The van der Waals surface area contributed by atoms with Gasteiger partial charge in [0.15, 0.2) is 0 Å². The molecule has 3 aromatic rings. The molecule has 1 unspecified atom stereocenters. The number of hydrogen-bond acceptors (Lipinski definition) is 4. The van der Waals surface area contributed by atoms with Gasteiger partial charge < -0.3 is 14.4 Å². The van der Waals surface area contributed by atoms with Crippen LogP contribution in [0.3, 0.4) is 0 Å². The summed E-state index contributed by atoms with van der Waals surface area (Å²) in [6.45, 7) is 2.02. The molecule has 1 aliphatic rings. The maximum atomic E-state index is 13.3. The lowest BCUT2D eigenvalue weighted by Crippen LogP contribution is -2.42. The average molecular weight is 438 g/mol. The van der Waals surface area contributed by atoms with E-state index in [4.69, 9.17) is 9.47 Å². The number of nitrogens with zero attached hydrogens (tertiary/aromatic N) is 3. The molecule has 7 heteroatoms. The summed E-state index contributed by atoms with van der Waals surface area (Å²) in [5.41, 5.74) is 2.97. The molecule has 1 atom stereocenters. The highest BCUT2D eigenvalue weighted by atomic mass is 19.1. The monoisotopic (exact) mass is 437 g/mol. The summed E-state index contributed by atoms with van der Waals surface area (Å²) in [7, 11) is 1.88. The minimum atomic E-state index is -0.317. The highest BCUT2D eigenvalue weighted by molar-refractivity contribution is 5.76. The second-order valence-electron chi connectivity index (χ2n) is 7.92. The van der Waals surface area contributed by atoms with Crippen LogP contribution in [0.2, 0.25) is 0 Å². The van der Waals surface area contributed by atoms with Gasteiger partial charge in [-0.05, 0) is 30.2 Å². The standard InChI is InChI=1S/C25H28FN3O3/c1-28-21(12-14-31-22-9-5-8-20(26)16-22)17-23(27-28)24-18-29(13-15-32-24)25(30)11-10-19-6-3-2-4-7-19/h2-9,16-17,24H,10-15,18H2,1H3. The van der Waals surface area contributed by atoms with Gasteiger partial charge in [-0.15, -0.1) is 0 Å². The Kier molecular flexibility index (Phi) is 7.17. The van der Waals surface area contributed by atoms with Crippen LogP contribution in [-0.4, -0.2) is 46.9 Å². The number of benzene rings is 2. The van der Waals surface area contributed by atoms with Crippen LogP contribution >= 0.6 is 0 Å². The Balaban J connectivity index is 1.30. The van der Waals surface area contributed by atoms with Crippen LogP contribution in [0.5, 0.6) is 5.75 Å². The zero-order valence-electron chi connectivity index (χ0n) is 18.2. The molecule has 1 aromatic heterocycles. The molecule has 0 radical (unpaired) electrons. The molecule has 0 bridgehead atoms. The van der Waals surface area contributed by atoms with Crippen molar-refractivity contribution in [3.63, 3.8) is 0 Å². The van der Waals surface area contributed by atoms with E-state index in [2.05, 4.69) is 5.10 Å². The van der Waals surface area contributed by atoms with Gasteiger partial charge in [0.1, 0.15) is 17.7 Å². The van der Waals surface area contributed by atoms with Crippen molar-refractivity contribution < 1.29 is 18.7 Å². The van der Waals surface area contributed by atoms with E-state index in [-0.39, 0.29) is 17.8 Å².